The second-order valence-electron chi connectivity index (χ2n) is 7.10. The molecule has 1 saturated carbocycles. The largest absolute Gasteiger partial charge is 0.299 e. The average molecular weight is 266 g/mol. The van der Waals surface area contributed by atoms with Gasteiger partial charge < -0.3 is 0 Å². The lowest BCUT2D eigenvalue weighted by Crippen LogP contribution is -2.59. The van der Waals surface area contributed by atoms with Gasteiger partial charge in [0.15, 0.2) is 0 Å². The molecule has 1 aromatic rings. The molecule has 1 spiro atoms. The van der Waals surface area contributed by atoms with Gasteiger partial charge in [0, 0.05) is 11.8 Å². The Morgan fingerprint density at radius 3 is 3.10 bits per heavy atom. The standard InChI is InChI=1S/C18H22N2/c1-2-13-12-7-9-20-10-8-18(17(13)20)14-5-3-4-6-15(14)19-16(18)11-12/h3-6,12-13,17H,2,7-11H2,1H3/t12?,13?,17?,18-/m1/s1. The monoisotopic (exact) mass is 266 g/mol. The molecule has 1 aliphatic carbocycles. The summed E-state index contributed by atoms with van der Waals surface area (Å²) in [6, 6.07) is 9.68. The second-order valence-corrected chi connectivity index (χ2v) is 7.10. The molecule has 0 amide bonds. The Kier molecular flexibility index (Phi) is 2.15. The van der Waals surface area contributed by atoms with Crippen LogP contribution >= 0.6 is 0 Å². The van der Waals surface area contributed by atoms with Crippen molar-refractivity contribution in [2.45, 2.75) is 44.1 Å². The van der Waals surface area contributed by atoms with E-state index >= 15 is 0 Å². The van der Waals surface area contributed by atoms with Crippen LogP contribution in [0.25, 0.3) is 0 Å². The van der Waals surface area contributed by atoms with E-state index < -0.39 is 0 Å². The molecular formula is C18H22N2. The van der Waals surface area contributed by atoms with Gasteiger partial charge in [-0.2, -0.15) is 0 Å². The predicted molar refractivity (Wildman–Crippen MR) is 81.7 cm³/mol. The molecule has 4 atom stereocenters. The lowest BCUT2D eigenvalue weighted by atomic mass is 9.56. The SMILES string of the molecule is CCC1C2CCN3CC[C@@]4(C(=Nc5ccccc54)C2)C13. The lowest BCUT2D eigenvalue weighted by molar-refractivity contribution is 0.0483. The van der Waals surface area contributed by atoms with Crippen LogP contribution in [0.4, 0.5) is 5.69 Å². The molecule has 0 N–H and O–H groups in total. The summed E-state index contributed by atoms with van der Waals surface area (Å²) in [6.07, 6.45) is 5.29. The van der Waals surface area contributed by atoms with E-state index in [9.17, 15) is 0 Å². The minimum Gasteiger partial charge on any atom is -0.299 e. The number of hydrogen-bond donors (Lipinski definition) is 0. The predicted octanol–water partition coefficient (Wildman–Crippen LogP) is 3.53. The van der Waals surface area contributed by atoms with Crippen LogP contribution in [0.3, 0.4) is 0 Å². The third-order valence-electron chi connectivity index (χ3n) is 6.57. The van der Waals surface area contributed by atoms with Gasteiger partial charge in [0.2, 0.25) is 0 Å². The van der Waals surface area contributed by atoms with Crippen molar-refractivity contribution in [3.8, 4) is 0 Å². The highest BCUT2D eigenvalue weighted by Crippen LogP contribution is 2.59. The normalized spacial score (nSPS) is 41.2. The third-order valence-corrected chi connectivity index (χ3v) is 6.57. The van der Waals surface area contributed by atoms with Gasteiger partial charge in [0.1, 0.15) is 0 Å². The van der Waals surface area contributed by atoms with E-state index in [2.05, 4.69) is 36.1 Å². The second kappa shape index (κ2) is 3.73. The van der Waals surface area contributed by atoms with Gasteiger partial charge in [-0.25, -0.2) is 0 Å². The first-order chi connectivity index (χ1) is 9.84. The molecule has 2 heteroatoms. The highest BCUT2D eigenvalue weighted by atomic mass is 15.2. The van der Waals surface area contributed by atoms with Crippen molar-refractivity contribution >= 4 is 11.4 Å². The molecule has 2 nitrogen and oxygen atoms in total. The summed E-state index contributed by atoms with van der Waals surface area (Å²) in [4.78, 5) is 7.88. The molecular weight excluding hydrogens is 244 g/mol. The Hall–Kier alpha value is -1.15. The molecule has 3 heterocycles. The quantitative estimate of drug-likeness (QED) is 0.759. The molecule has 0 aromatic heterocycles. The van der Waals surface area contributed by atoms with E-state index in [-0.39, 0.29) is 5.41 Å². The summed E-state index contributed by atoms with van der Waals surface area (Å²) in [6.45, 7) is 5.00. The molecule has 3 fully saturated rings. The number of rotatable bonds is 1. The number of benzene rings is 1. The minimum absolute atomic E-state index is 0.286. The minimum atomic E-state index is 0.286. The van der Waals surface area contributed by atoms with E-state index in [4.69, 9.17) is 4.99 Å². The fourth-order valence-corrected chi connectivity index (χ4v) is 5.85. The molecule has 3 aliphatic heterocycles. The van der Waals surface area contributed by atoms with E-state index in [0.29, 0.717) is 0 Å². The summed E-state index contributed by atoms with van der Waals surface area (Å²) in [7, 11) is 0. The molecule has 20 heavy (non-hydrogen) atoms. The van der Waals surface area contributed by atoms with E-state index in [1.807, 2.05) is 0 Å². The summed E-state index contributed by atoms with van der Waals surface area (Å²) in [5.74, 6) is 1.77. The number of para-hydroxylation sites is 1. The zero-order valence-electron chi connectivity index (χ0n) is 12.2. The van der Waals surface area contributed by atoms with Gasteiger partial charge in [-0.1, -0.05) is 31.5 Å². The summed E-state index contributed by atoms with van der Waals surface area (Å²) in [5, 5.41) is 0. The van der Waals surface area contributed by atoms with Crippen LogP contribution in [0.2, 0.25) is 0 Å². The fraction of sp³-hybridized carbons (Fsp3) is 0.611. The molecule has 3 unspecified atom stereocenters. The molecule has 2 bridgehead atoms. The highest BCUT2D eigenvalue weighted by Gasteiger charge is 2.62. The first kappa shape index (κ1) is 11.5. The van der Waals surface area contributed by atoms with Crippen molar-refractivity contribution in [1.29, 1.82) is 0 Å². The van der Waals surface area contributed by atoms with Crippen molar-refractivity contribution in [1.82, 2.24) is 4.90 Å². The van der Waals surface area contributed by atoms with Crippen molar-refractivity contribution < 1.29 is 0 Å². The first-order valence-electron chi connectivity index (χ1n) is 8.26. The molecule has 4 aliphatic rings. The van der Waals surface area contributed by atoms with Gasteiger partial charge in [0.05, 0.1) is 11.1 Å². The van der Waals surface area contributed by atoms with Crippen LogP contribution in [0.1, 0.15) is 38.2 Å². The number of fused-ring (bicyclic) bond motifs is 2. The third kappa shape index (κ3) is 1.14. The molecule has 0 radical (unpaired) electrons. The van der Waals surface area contributed by atoms with Crippen molar-refractivity contribution in [2.75, 3.05) is 13.1 Å². The van der Waals surface area contributed by atoms with Gasteiger partial charge >= 0.3 is 0 Å². The van der Waals surface area contributed by atoms with Gasteiger partial charge in [-0.05, 0) is 55.8 Å². The zero-order chi connectivity index (χ0) is 13.3. The lowest BCUT2D eigenvalue weighted by Gasteiger charge is -2.53. The maximum absolute atomic E-state index is 5.08. The highest BCUT2D eigenvalue weighted by molar-refractivity contribution is 6.04. The Labute approximate surface area is 120 Å². The van der Waals surface area contributed by atoms with E-state index in [1.165, 1.54) is 50.2 Å². The van der Waals surface area contributed by atoms with Crippen LogP contribution in [0, 0.1) is 11.8 Å². The average Bonchev–Trinajstić information content (AvgIpc) is 3.03. The number of hydrogen-bond acceptors (Lipinski definition) is 2. The van der Waals surface area contributed by atoms with Crippen LogP contribution < -0.4 is 0 Å². The topological polar surface area (TPSA) is 15.6 Å². The summed E-state index contributed by atoms with van der Waals surface area (Å²) >= 11 is 0. The maximum atomic E-state index is 5.08. The Balaban J connectivity index is 1.75. The first-order valence-corrected chi connectivity index (χ1v) is 8.26. The molecule has 2 saturated heterocycles. The fourth-order valence-electron chi connectivity index (χ4n) is 5.85. The van der Waals surface area contributed by atoms with Crippen LogP contribution in [-0.4, -0.2) is 29.7 Å². The maximum Gasteiger partial charge on any atom is 0.0671 e. The van der Waals surface area contributed by atoms with Crippen LogP contribution in [0.5, 0.6) is 0 Å². The summed E-state index contributed by atoms with van der Waals surface area (Å²) < 4.78 is 0. The van der Waals surface area contributed by atoms with Crippen LogP contribution in [-0.2, 0) is 5.41 Å². The van der Waals surface area contributed by atoms with Crippen molar-refractivity contribution in [3.63, 3.8) is 0 Å². The van der Waals surface area contributed by atoms with Gasteiger partial charge in [0.25, 0.3) is 0 Å². The van der Waals surface area contributed by atoms with Gasteiger partial charge in [-0.3, -0.25) is 9.89 Å². The zero-order valence-corrected chi connectivity index (χ0v) is 12.2. The van der Waals surface area contributed by atoms with Crippen molar-refractivity contribution in [2.24, 2.45) is 16.8 Å². The van der Waals surface area contributed by atoms with E-state index in [0.717, 1.165) is 17.9 Å². The van der Waals surface area contributed by atoms with Gasteiger partial charge in [-0.15, -0.1) is 0 Å². The smallest absolute Gasteiger partial charge is 0.0671 e. The number of aliphatic imine (C=N–C) groups is 1. The van der Waals surface area contributed by atoms with Crippen LogP contribution in [0.15, 0.2) is 29.3 Å². The Morgan fingerprint density at radius 2 is 2.20 bits per heavy atom. The molecule has 104 valence electrons. The Bertz CT molecular complexity index is 605. The van der Waals surface area contributed by atoms with E-state index in [1.54, 1.807) is 5.56 Å². The summed E-state index contributed by atoms with van der Waals surface area (Å²) in [5.41, 5.74) is 4.63. The Morgan fingerprint density at radius 1 is 1.30 bits per heavy atom. The van der Waals surface area contributed by atoms with Crippen molar-refractivity contribution in [3.05, 3.63) is 29.8 Å². The number of piperidine rings is 1. The molecule has 5 rings (SSSR count). The molecule has 1 aromatic carbocycles. The number of nitrogens with zero attached hydrogens (tertiary/aromatic N) is 2.